The third-order valence-electron chi connectivity index (χ3n) is 5.14. The molecule has 0 spiro atoms. The fraction of sp³-hybridized carbons (Fsp3) is 0.250. The van der Waals surface area contributed by atoms with Gasteiger partial charge in [0.25, 0.3) is 0 Å². The molecule has 5 rings (SSSR count). The van der Waals surface area contributed by atoms with Crippen LogP contribution in [-0.2, 0) is 11.3 Å². The molecule has 0 radical (unpaired) electrons. The van der Waals surface area contributed by atoms with Crippen molar-refractivity contribution in [2.45, 2.75) is 18.8 Å². The first-order valence-corrected chi connectivity index (χ1v) is 9.01. The average Bonchev–Trinajstić information content (AvgIpc) is 3.33. The third-order valence-corrected chi connectivity index (χ3v) is 5.14. The minimum absolute atomic E-state index is 0.0137. The lowest BCUT2D eigenvalue weighted by Crippen LogP contribution is -2.34. The number of anilines is 1. The SMILES string of the molecule is O=C(Nc1ccccc1)N1C[C@@H]2OCc3c(-c4ccccc4)nnn3[C@H]2C1. The maximum atomic E-state index is 12.6. The summed E-state index contributed by atoms with van der Waals surface area (Å²) in [6.45, 7) is 1.55. The lowest BCUT2D eigenvalue weighted by Gasteiger charge is -2.26. The van der Waals surface area contributed by atoms with Gasteiger partial charge in [-0.1, -0.05) is 53.7 Å². The van der Waals surface area contributed by atoms with Crippen LogP contribution in [-0.4, -0.2) is 45.1 Å². The number of fused-ring (bicyclic) bond motifs is 3. The van der Waals surface area contributed by atoms with Crippen LogP contribution in [0.3, 0.4) is 0 Å². The fourth-order valence-corrected chi connectivity index (χ4v) is 3.77. The van der Waals surface area contributed by atoms with Gasteiger partial charge in [0.2, 0.25) is 0 Å². The molecule has 2 amide bonds. The maximum Gasteiger partial charge on any atom is 0.322 e. The molecule has 7 heteroatoms. The molecule has 2 aromatic carbocycles. The second-order valence-corrected chi connectivity index (χ2v) is 6.81. The van der Waals surface area contributed by atoms with Crippen LogP contribution >= 0.6 is 0 Å². The summed E-state index contributed by atoms with van der Waals surface area (Å²) >= 11 is 0. The van der Waals surface area contributed by atoms with E-state index in [2.05, 4.69) is 15.6 Å². The Balaban J connectivity index is 1.36. The summed E-state index contributed by atoms with van der Waals surface area (Å²) in [6.07, 6.45) is -0.0654. The molecule has 2 atom stereocenters. The van der Waals surface area contributed by atoms with E-state index < -0.39 is 0 Å². The van der Waals surface area contributed by atoms with E-state index in [-0.39, 0.29) is 18.2 Å². The Morgan fingerprint density at radius 1 is 1.04 bits per heavy atom. The molecule has 0 unspecified atom stereocenters. The number of nitrogens with zero attached hydrogens (tertiary/aromatic N) is 4. The van der Waals surface area contributed by atoms with Crippen LogP contribution in [0.2, 0.25) is 0 Å². The summed E-state index contributed by atoms with van der Waals surface area (Å²) in [5.74, 6) is 0. The summed E-state index contributed by atoms with van der Waals surface area (Å²) in [4.78, 5) is 14.4. The molecular weight excluding hydrogens is 342 g/mol. The minimum atomic E-state index is -0.121. The van der Waals surface area contributed by atoms with Gasteiger partial charge in [-0.2, -0.15) is 0 Å². The van der Waals surface area contributed by atoms with Crippen molar-refractivity contribution in [2.75, 3.05) is 18.4 Å². The van der Waals surface area contributed by atoms with E-state index in [1.807, 2.05) is 65.3 Å². The van der Waals surface area contributed by atoms with E-state index in [1.165, 1.54) is 0 Å². The van der Waals surface area contributed by atoms with Crippen molar-refractivity contribution in [3.63, 3.8) is 0 Å². The van der Waals surface area contributed by atoms with Crippen LogP contribution in [0.15, 0.2) is 60.7 Å². The number of ether oxygens (including phenoxy) is 1. The normalized spacial score (nSPS) is 20.8. The van der Waals surface area contributed by atoms with Crippen LogP contribution in [0.5, 0.6) is 0 Å². The molecule has 136 valence electrons. The summed E-state index contributed by atoms with van der Waals surface area (Å²) in [5.41, 5.74) is 3.62. The number of aromatic nitrogens is 3. The van der Waals surface area contributed by atoms with Gasteiger partial charge in [0.05, 0.1) is 31.0 Å². The van der Waals surface area contributed by atoms with Crippen LogP contribution in [0, 0.1) is 0 Å². The molecule has 1 aromatic heterocycles. The van der Waals surface area contributed by atoms with Crippen LogP contribution in [0.4, 0.5) is 10.5 Å². The largest absolute Gasteiger partial charge is 0.368 e. The lowest BCUT2D eigenvalue weighted by atomic mass is 10.1. The van der Waals surface area contributed by atoms with Gasteiger partial charge in [0, 0.05) is 17.8 Å². The molecule has 0 aliphatic carbocycles. The molecule has 3 heterocycles. The van der Waals surface area contributed by atoms with Gasteiger partial charge in [-0.15, -0.1) is 5.10 Å². The number of carbonyl (C=O) groups excluding carboxylic acids is 1. The summed E-state index contributed by atoms with van der Waals surface area (Å²) in [7, 11) is 0. The number of nitrogens with one attached hydrogen (secondary N) is 1. The highest BCUT2D eigenvalue weighted by atomic mass is 16.5. The molecule has 3 aromatic rings. The Morgan fingerprint density at radius 3 is 2.56 bits per heavy atom. The van der Waals surface area contributed by atoms with Gasteiger partial charge >= 0.3 is 6.03 Å². The smallest absolute Gasteiger partial charge is 0.322 e. The molecule has 7 nitrogen and oxygen atoms in total. The summed E-state index contributed by atoms with van der Waals surface area (Å²) in [5, 5.41) is 11.7. The first-order valence-electron chi connectivity index (χ1n) is 9.01. The van der Waals surface area contributed by atoms with Crippen molar-refractivity contribution in [2.24, 2.45) is 0 Å². The van der Waals surface area contributed by atoms with E-state index in [4.69, 9.17) is 4.74 Å². The van der Waals surface area contributed by atoms with Gasteiger partial charge in [0.15, 0.2) is 0 Å². The van der Waals surface area contributed by atoms with Crippen molar-refractivity contribution >= 4 is 11.7 Å². The highest BCUT2D eigenvalue weighted by Gasteiger charge is 2.42. The number of likely N-dealkylation sites (tertiary alicyclic amines) is 1. The van der Waals surface area contributed by atoms with Crippen molar-refractivity contribution in [3.05, 3.63) is 66.4 Å². The fourth-order valence-electron chi connectivity index (χ4n) is 3.77. The molecule has 1 N–H and O–H groups in total. The van der Waals surface area contributed by atoms with Gasteiger partial charge in [-0.05, 0) is 12.1 Å². The number of hydrogen-bond donors (Lipinski definition) is 1. The zero-order chi connectivity index (χ0) is 18.2. The summed E-state index contributed by atoms with van der Waals surface area (Å²) < 4.78 is 7.99. The Kier molecular flexibility index (Phi) is 3.86. The minimum Gasteiger partial charge on any atom is -0.368 e. The quantitative estimate of drug-likeness (QED) is 0.762. The van der Waals surface area contributed by atoms with Crippen LogP contribution in [0.25, 0.3) is 11.3 Å². The zero-order valence-electron chi connectivity index (χ0n) is 14.7. The molecule has 1 saturated heterocycles. The number of amides is 2. The number of benzene rings is 2. The number of rotatable bonds is 2. The first-order chi connectivity index (χ1) is 13.3. The molecule has 27 heavy (non-hydrogen) atoms. The second kappa shape index (κ2) is 6.51. The predicted octanol–water partition coefficient (Wildman–Crippen LogP) is 2.93. The summed E-state index contributed by atoms with van der Waals surface area (Å²) in [6, 6.07) is 19.3. The van der Waals surface area contributed by atoms with Crippen LogP contribution < -0.4 is 5.32 Å². The monoisotopic (exact) mass is 361 g/mol. The van der Waals surface area contributed by atoms with Crippen LogP contribution in [0.1, 0.15) is 11.7 Å². The number of carbonyl (C=O) groups is 1. The number of urea groups is 1. The number of para-hydroxylation sites is 1. The molecule has 0 saturated carbocycles. The second-order valence-electron chi connectivity index (χ2n) is 6.81. The van der Waals surface area contributed by atoms with E-state index >= 15 is 0 Å². The first kappa shape index (κ1) is 16.0. The van der Waals surface area contributed by atoms with Gasteiger partial charge in [-0.25, -0.2) is 9.48 Å². The molecular formula is C20H19N5O2. The standard InChI is InChI=1S/C20H19N5O2/c26-20(21-15-9-5-2-6-10-15)24-11-16-18(12-24)27-13-17-19(22-23-25(16)17)14-7-3-1-4-8-14/h1-10,16,18H,11-13H2,(H,21,26)/t16-,18-/m0/s1. The van der Waals surface area contributed by atoms with Crippen molar-refractivity contribution in [3.8, 4) is 11.3 Å². The lowest BCUT2D eigenvalue weighted by molar-refractivity contribution is -0.00406. The predicted molar refractivity (Wildman–Crippen MR) is 100 cm³/mol. The highest BCUT2D eigenvalue weighted by molar-refractivity contribution is 5.89. The Hall–Kier alpha value is -3.19. The van der Waals surface area contributed by atoms with E-state index in [1.54, 1.807) is 4.90 Å². The Morgan fingerprint density at radius 2 is 1.78 bits per heavy atom. The Bertz CT molecular complexity index is 957. The van der Waals surface area contributed by atoms with E-state index in [0.717, 1.165) is 22.6 Å². The van der Waals surface area contributed by atoms with Crippen molar-refractivity contribution in [1.29, 1.82) is 0 Å². The van der Waals surface area contributed by atoms with E-state index in [0.29, 0.717) is 19.7 Å². The topological polar surface area (TPSA) is 72.3 Å². The maximum absolute atomic E-state index is 12.6. The number of hydrogen-bond acceptors (Lipinski definition) is 4. The van der Waals surface area contributed by atoms with E-state index in [9.17, 15) is 4.79 Å². The van der Waals surface area contributed by atoms with Crippen molar-refractivity contribution < 1.29 is 9.53 Å². The molecule has 2 aliphatic heterocycles. The van der Waals surface area contributed by atoms with Gasteiger partial charge < -0.3 is 15.0 Å². The Labute approximate surface area is 156 Å². The van der Waals surface area contributed by atoms with Gasteiger partial charge in [-0.3, -0.25) is 0 Å². The molecule has 1 fully saturated rings. The van der Waals surface area contributed by atoms with Crippen molar-refractivity contribution in [1.82, 2.24) is 19.9 Å². The molecule has 2 aliphatic rings. The third kappa shape index (κ3) is 2.86. The highest BCUT2D eigenvalue weighted by Crippen LogP contribution is 2.34. The molecule has 0 bridgehead atoms. The average molecular weight is 361 g/mol. The van der Waals surface area contributed by atoms with Gasteiger partial charge in [0.1, 0.15) is 5.69 Å². The zero-order valence-corrected chi connectivity index (χ0v) is 14.7.